The third kappa shape index (κ3) is 2.90. The Morgan fingerprint density at radius 3 is 2.33 bits per heavy atom. The van der Waals surface area contributed by atoms with Crippen LogP contribution in [0.4, 0.5) is 0 Å². The topological polar surface area (TPSA) is 43.9 Å². The molecular weight excluding hydrogens is 358 g/mol. The normalized spacial score (nSPS) is 11.1. The molecule has 0 aliphatic rings. The molecule has 0 saturated heterocycles. The fraction of sp³-hybridized carbons (Fsp3) is 0. The molecule has 27 heavy (non-hydrogen) atoms. The fourth-order valence-electron chi connectivity index (χ4n) is 3.05. The van der Waals surface area contributed by atoms with Gasteiger partial charge in [0.2, 0.25) is 5.89 Å². The Labute approximate surface area is 160 Å². The zero-order chi connectivity index (χ0) is 18.2. The highest BCUT2D eigenvalue weighted by Gasteiger charge is 2.18. The minimum absolute atomic E-state index is 0.545. The Morgan fingerprint density at radius 2 is 1.56 bits per heavy atom. The van der Waals surface area contributed by atoms with Crippen LogP contribution in [0.2, 0.25) is 5.02 Å². The van der Waals surface area contributed by atoms with Crippen LogP contribution < -0.4 is 0 Å². The summed E-state index contributed by atoms with van der Waals surface area (Å²) in [5, 5.41) is 5.49. The Hall–Kier alpha value is -3.37. The Kier molecular flexibility index (Phi) is 3.77. The lowest BCUT2D eigenvalue weighted by Crippen LogP contribution is -1.93. The number of hydrogen-bond acceptors (Lipinski definition) is 3. The minimum atomic E-state index is 0.545. The van der Waals surface area contributed by atoms with Gasteiger partial charge in [0.1, 0.15) is 11.2 Å². The molecule has 5 rings (SSSR count). The van der Waals surface area contributed by atoms with Crippen molar-refractivity contribution in [1.29, 1.82) is 0 Å². The van der Waals surface area contributed by atoms with E-state index in [1.54, 1.807) is 0 Å². The third-order valence-electron chi connectivity index (χ3n) is 4.38. The van der Waals surface area contributed by atoms with Crippen molar-refractivity contribution in [2.24, 2.45) is 0 Å². The fourth-order valence-corrected chi connectivity index (χ4v) is 3.18. The molecule has 3 aromatic carbocycles. The van der Waals surface area contributed by atoms with Crippen LogP contribution in [0.5, 0.6) is 0 Å². The summed E-state index contributed by atoms with van der Waals surface area (Å²) in [7, 11) is 0. The highest BCUT2D eigenvalue weighted by atomic mass is 35.5. The average molecular weight is 372 g/mol. The second-order valence-electron chi connectivity index (χ2n) is 6.17. The first-order chi connectivity index (χ1) is 13.3. The molecule has 0 aliphatic heterocycles. The monoisotopic (exact) mass is 371 g/mol. The molecule has 0 aliphatic carbocycles. The van der Waals surface area contributed by atoms with Crippen molar-refractivity contribution in [1.82, 2.24) is 14.8 Å². The van der Waals surface area contributed by atoms with E-state index in [-0.39, 0.29) is 0 Å². The summed E-state index contributed by atoms with van der Waals surface area (Å²) < 4.78 is 7.84. The van der Waals surface area contributed by atoms with Gasteiger partial charge in [-0.25, -0.2) is 9.67 Å². The zero-order valence-electron chi connectivity index (χ0n) is 14.2. The molecule has 5 heteroatoms. The van der Waals surface area contributed by atoms with Crippen molar-refractivity contribution in [2.45, 2.75) is 0 Å². The van der Waals surface area contributed by atoms with Crippen molar-refractivity contribution >= 4 is 22.7 Å². The van der Waals surface area contributed by atoms with Crippen molar-refractivity contribution in [3.05, 3.63) is 90.1 Å². The maximum atomic E-state index is 6.05. The first-order valence-corrected chi connectivity index (χ1v) is 8.93. The number of hydrogen-bond donors (Lipinski definition) is 0. The molecule has 0 spiro atoms. The van der Waals surface area contributed by atoms with E-state index in [1.807, 2.05) is 89.7 Å². The number of halogens is 1. The molecule has 5 aromatic rings. The third-order valence-corrected chi connectivity index (χ3v) is 4.63. The van der Waals surface area contributed by atoms with Gasteiger partial charge in [0.15, 0.2) is 5.58 Å². The van der Waals surface area contributed by atoms with Crippen LogP contribution in [0, 0.1) is 0 Å². The molecule has 0 amide bonds. The minimum Gasteiger partial charge on any atom is -0.436 e. The highest BCUT2D eigenvalue weighted by Crippen LogP contribution is 2.33. The number of para-hydroxylation sites is 3. The first-order valence-electron chi connectivity index (χ1n) is 8.55. The van der Waals surface area contributed by atoms with Crippen LogP contribution >= 0.6 is 11.6 Å². The van der Waals surface area contributed by atoms with Crippen molar-refractivity contribution < 1.29 is 4.42 Å². The molecule has 4 nitrogen and oxygen atoms in total. The standard InChI is InChI=1S/C22H14ClN3O/c23-16-12-10-15(11-13-16)21-18(14-26(25-21)17-6-2-1-3-7-17)22-24-19-8-4-5-9-20(19)27-22/h1-14H. The van der Waals surface area contributed by atoms with Gasteiger partial charge >= 0.3 is 0 Å². The second kappa shape index (κ2) is 6.41. The van der Waals surface area contributed by atoms with Crippen LogP contribution in [0.15, 0.2) is 89.5 Å². The van der Waals surface area contributed by atoms with Gasteiger partial charge in [-0.1, -0.05) is 54.1 Å². The molecule has 0 radical (unpaired) electrons. The summed E-state index contributed by atoms with van der Waals surface area (Å²) in [6, 6.07) is 25.3. The van der Waals surface area contributed by atoms with Crippen LogP contribution in [0.25, 0.3) is 39.5 Å². The van der Waals surface area contributed by atoms with E-state index in [0.29, 0.717) is 10.9 Å². The van der Waals surface area contributed by atoms with Gasteiger partial charge in [-0.3, -0.25) is 0 Å². The van der Waals surface area contributed by atoms with Gasteiger partial charge in [0, 0.05) is 16.8 Å². The van der Waals surface area contributed by atoms with Gasteiger partial charge < -0.3 is 4.42 Å². The van der Waals surface area contributed by atoms with Crippen LogP contribution in [0.1, 0.15) is 0 Å². The molecule has 0 atom stereocenters. The molecule has 2 aromatic heterocycles. The summed E-state index contributed by atoms with van der Waals surface area (Å²) in [6.07, 6.45) is 1.95. The SMILES string of the molecule is Clc1ccc(-c2nn(-c3ccccc3)cc2-c2nc3ccccc3o2)cc1. The molecule has 0 bridgehead atoms. The summed E-state index contributed by atoms with van der Waals surface area (Å²) in [5.41, 5.74) is 5.12. The van der Waals surface area contributed by atoms with Gasteiger partial charge in [-0.15, -0.1) is 0 Å². The summed E-state index contributed by atoms with van der Waals surface area (Å²) in [6.45, 7) is 0. The lowest BCUT2D eigenvalue weighted by molar-refractivity contribution is 0.620. The number of benzene rings is 3. The van der Waals surface area contributed by atoms with Gasteiger partial charge in [0.25, 0.3) is 0 Å². The first kappa shape index (κ1) is 15.9. The van der Waals surface area contributed by atoms with Crippen molar-refractivity contribution in [3.63, 3.8) is 0 Å². The Morgan fingerprint density at radius 1 is 0.815 bits per heavy atom. The number of nitrogens with zero attached hydrogens (tertiary/aromatic N) is 3. The summed E-state index contributed by atoms with van der Waals surface area (Å²) in [4.78, 5) is 4.65. The van der Waals surface area contributed by atoms with E-state index in [0.717, 1.165) is 33.6 Å². The van der Waals surface area contributed by atoms with E-state index < -0.39 is 0 Å². The largest absolute Gasteiger partial charge is 0.436 e. The van der Waals surface area contributed by atoms with Gasteiger partial charge in [0.05, 0.1) is 11.3 Å². The summed E-state index contributed by atoms with van der Waals surface area (Å²) >= 11 is 6.05. The maximum Gasteiger partial charge on any atom is 0.231 e. The number of rotatable bonds is 3. The predicted octanol–water partition coefficient (Wildman–Crippen LogP) is 6.00. The predicted molar refractivity (Wildman–Crippen MR) is 107 cm³/mol. The molecule has 0 fully saturated rings. The Bertz CT molecular complexity index is 1190. The maximum absolute atomic E-state index is 6.05. The van der Waals surface area contributed by atoms with Crippen LogP contribution in [-0.2, 0) is 0 Å². The summed E-state index contributed by atoms with van der Waals surface area (Å²) in [5.74, 6) is 0.545. The molecule has 0 N–H and O–H groups in total. The zero-order valence-corrected chi connectivity index (χ0v) is 15.0. The lowest BCUT2D eigenvalue weighted by Gasteiger charge is -2.00. The van der Waals surface area contributed by atoms with Crippen molar-refractivity contribution in [2.75, 3.05) is 0 Å². The molecule has 2 heterocycles. The van der Waals surface area contributed by atoms with E-state index in [2.05, 4.69) is 4.98 Å². The van der Waals surface area contributed by atoms with Gasteiger partial charge in [-0.2, -0.15) is 5.10 Å². The van der Waals surface area contributed by atoms with Crippen LogP contribution in [-0.4, -0.2) is 14.8 Å². The lowest BCUT2D eigenvalue weighted by atomic mass is 10.1. The number of aromatic nitrogens is 3. The number of oxazole rings is 1. The Balaban J connectivity index is 1.72. The molecule has 0 unspecified atom stereocenters. The second-order valence-corrected chi connectivity index (χ2v) is 6.60. The van der Waals surface area contributed by atoms with E-state index >= 15 is 0 Å². The van der Waals surface area contributed by atoms with E-state index in [4.69, 9.17) is 21.1 Å². The van der Waals surface area contributed by atoms with Crippen LogP contribution in [0.3, 0.4) is 0 Å². The van der Waals surface area contributed by atoms with Crippen molar-refractivity contribution in [3.8, 4) is 28.4 Å². The smallest absolute Gasteiger partial charge is 0.231 e. The number of fused-ring (bicyclic) bond motifs is 1. The molecular formula is C22H14ClN3O. The molecule has 0 saturated carbocycles. The van der Waals surface area contributed by atoms with Gasteiger partial charge in [-0.05, 0) is 36.4 Å². The van der Waals surface area contributed by atoms with E-state index in [1.165, 1.54) is 0 Å². The molecule has 130 valence electrons. The average Bonchev–Trinajstić information content (AvgIpc) is 3.33. The highest BCUT2D eigenvalue weighted by molar-refractivity contribution is 6.30. The van der Waals surface area contributed by atoms with E-state index in [9.17, 15) is 0 Å². The quantitative estimate of drug-likeness (QED) is 0.390.